The second-order valence-electron chi connectivity index (χ2n) is 13.3. The number of sulfonamides is 1. The third-order valence-electron chi connectivity index (χ3n) is 9.32. The Morgan fingerprint density at radius 2 is 1.83 bits per heavy atom. The maximum absolute atomic E-state index is 14.4. The van der Waals surface area contributed by atoms with Crippen LogP contribution in [0.1, 0.15) is 93.9 Å². The van der Waals surface area contributed by atoms with E-state index in [-0.39, 0.29) is 70.7 Å². The number of fused-ring (bicyclic) bond motifs is 1. The van der Waals surface area contributed by atoms with Gasteiger partial charge in [0.15, 0.2) is 10.7 Å². The van der Waals surface area contributed by atoms with Gasteiger partial charge in [-0.25, -0.2) is 8.42 Å². The number of likely N-dealkylation sites (N-methyl/N-ethyl adjacent to an activating group) is 1. The molecule has 12 nitrogen and oxygen atoms in total. The van der Waals surface area contributed by atoms with Gasteiger partial charge in [-0.05, 0) is 78.0 Å². The minimum absolute atomic E-state index is 0.0391. The zero-order chi connectivity index (χ0) is 34.3. The van der Waals surface area contributed by atoms with E-state index in [9.17, 15) is 23.1 Å². The summed E-state index contributed by atoms with van der Waals surface area (Å²) in [7, 11) is -2.24. The van der Waals surface area contributed by atoms with E-state index in [2.05, 4.69) is 9.88 Å². The highest BCUT2D eigenvalue weighted by molar-refractivity contribution is 7.92. The number of nitrogens with zero attached hydrogens (tertiary/aromatic N) is 3. The van der Waals surface area contributed by atoms with E-state index < -0.39 is 22.0 Å². The molecule has 4 rings (SSSR count). The number of aryl methyl sites for hydroxylation is 2. The Labute approximate surface area is 279 Å². The SMILES string of the molecule is Cc1noc(C)c1S(=O)(=O)Nc1ccc2c(c1)C(=O)N([C@@H](C)CO)C[C@H](C)[C@@H](CN(C)C(=O)C1CCCCC1)OCCCC[C@@H](C)O2. The molecular weight excluding hydrogens is 624 g/mol. The van der Waals surface area contributed by atoms with Gasteiger partial charge in [0.05, 0.1) is 30.4 Å². The lowest BCUT2D eigenvalue weighted by Gasteiger charge is -2.36. The predicted octanol–water partition coefficient (Wildman–Crippen LogP) is 4.93. The van der Waals surface area contributed by atoms with Crippen molar-refractivity contribution in [2.45, 2.75) is 109 Å². The number of amides is 2. The van der Waals surface area contributed by atoms with Crippen molar-refractivity contribution in [1.29, 1.82) is 0 Å². The van der Waals surface area contributed by atoms with E-state index in [0.29, 0.717) is 25.3 Å². The number of nitrogens with one attached hydrogen (secondary N) is 1. The summed E-state index contributed by atoms with van der Waals surface area (Å²) in [6.45, 7) is 9.62. The summed E-state index contributed by atoms with van der Waals surface area (Å²) in [5.74, 6) is 0.0540. The van der Waals surface area contributed by atoms with Crippen molar-refractivity contribution in [2.24, 2.45) is 11.8 Å². The molecule has 1 aliphatic carbocycles. The molecule has 1 fully saturated rings. The van der Waals surface area contributed by atoms with E-state index in [1.807, 2.05) is 20.9 Å². The van der Waals surface area contributed by atoms with Crippen LogP contribution in [0.5, 0.6) is 5.75 Å². The molecule has 0 unspecified atom stereocenters. The summed E-state index contributed by atoms with van der Waals surface area (Å²) in [5.41, 5.74) is 0.562. The first-order valence-electron chi connectivity index (χ1n) is 16.9. The van der Waals surface area contributed by atoms with Crippen LogP contribution in [0, 0.1) is 25.7 Å². The van der Waals surface area contributed by atoms with Crippen molar-refractivity contribution >= 4 is 27.5 Å². The highest BCUT2D eigenvalue weighted by Gasteiger charge is 2.33. The van der Waals surface area contributed by atoms with E-state index in [1.54, 1.807) is 35.8 Å². The molecule has 2 aliphatic rings. The van der Waals surface area contributed by atoms with Crippen LogP contribution >= 0.6 is 0 Å². The highest BCUT2D eigenvalue weighted by Crippen LogP contribution is 2.31. The number of rotatable bonds is 8. The van der Waals surface area contributed by atoms with Crippen LogP contribution < -0.4 is 9.46 Å². The number of hydrogen-bond acceptors (Lipinski definition) is 9. The van der Waals surface area contributed by atoms with Crippen LogP contribution in [-0.2, 0) is 19.6 Å². The normalized spacial score (nSPS) is 22.9. The minimum atomic E-state index is -4.07. The molecule has 2 heterocycles. The number of ether oxygens (including phenoxy) is 2. The molecule has 2 amide bonds. The number of carbonyl (C=O) groups excluding carboxylic acids is 2. The van der Waals surface area contributed by atoms with Crippen molar-refractivity contribution in [2.75, 3.05) is 38.1 Å². The second kappa shape index (κ2) is 16.3. The molecule has 1 aliphatic heterocycles. The highest BCUT2D eigenvalue weighted by atomic mass is 32.2. The molecule has 0 radical (unpaired) electrons. The first-order valence-corrected chi connectivity index (χ1v) is 18.4. The fraction of sp³-hybridized carbons (Fsp3) is 0.676. The number of aromatic nitrogens is 1. The molecule has 2 N–H and O–H groups in total. The Kier molecular flexibility index (Phi) is 12.7. The number of aliphatic hydroxyl groups is 1. The van der Waals surface area contributed by atoms with Crippen molar-refractivity contribution < 1.29 is 37.1 Å². The molecule has 1 saturated carbocycles. The third-order valence-corrected chi connectivity index (χ3v) is 10.9. The van der Waals surface area contributed by atoms with Crippen LogP contribution in [0.3, 0.4) is 0 Å². The van der Waals surface area contributed by atoms with E-state index in [4.69, 9.17) is 14.0 Å². The predicted molar refractivity (Wildman–Crippen MR) is 178 cm³/mol. The van der Waals surface area contributed by atoms with Crippen molar-refractivity contribution in [3.05, 3.63) is 35.2 Å². The van der Waals surface area contributed by atoms with Gasteiger partial charge in [-0.3, -0.25) is 14.3 Å². The zero-order valence-electron chi connectivity index (χ0n) is 28.7. The lowest BCUT2D eigenvalue weighted by atomic mass is 9.88. The molecular formula is C34H52N4O8S. The molecule has 4 atom stereocenters. The number of benzene rings is 1. The fourth-order valence-corrected chi connectivity index (χ4v) is 7.92. The number of aliphatic hydroxyl groups excluding tert-OH is 1. The van der Waals surface area contributed by atoms with E-state index in [0.717, 1.165) is 38.5 Å². The Balaban J connectivity index is 1.65. The summed E-state index contributed by atoms with van der Waals surface area (Å²) in [5, 5.41) is 14.0. The van der Waals surface area contributed by atoms with Gasteiger partial charge >= 0.3 is 0 Å². The van der Waals surface area contributed by atoms with Crippen molar-refractivity contribution in [1.82, 2.24) is 15.0 Å². The van der Waals surface area contributed by atoms with Crippen LogP contribution in [0.4, 0.5) is 5.69 Å². The first-order chi connectivity index (χ1) is 22.3. The summed E-state index contributed by atoms with van der Waals surface area (Å²) < 4.78 is 46.9. The molecule has 1 aromatic heterocycles. The van der Waals surface area contributed by atoms with Crippen molar-refractivity contribution in [3.63, 3.8) is 0 Å². The standard InChI is InChI=1S/C34H52N4O8S/c1-22-19-38(23(2)21-39)34(41)29-18-28(36-47(42,43)32-25(4)35-46-26(32)5)15-16-30(29)45-24(3)12-10-11-17-44-31(22)20-37(6)33(40)27-13-8-7-9-14-27/h15-16,18,22-24,27,31,36,39H,7-14,17,19-21H2,1-6H3/t22-,23-,24+,31+/m0/s1. The van der Waals surface area contributed by atoms with Gasteiger partial charge in [-0.1, -0.05) is 31.3 Å². The minimum Gasteiger partial charge on any atom is -0.490 e. The summed E-state index contributed by atoms with van der Waals surface area (Å²) in [6, 6.07) is 4.07. The van der Waals surface area contributed by atoms with Gasteiger partial charge in [0.1, 0.15) is 11.4 Å². The number of anilines is 1. The van der Waals surface area contributed by atoms with Crippen molar-refractivity contribution in [3.8, 4) is 5.75 Å². The molecule has 13 heteroatoms. The van der Waals surface area contributed by atoms with Gasteiger partial charge in [-0.15, -0.1) is 0 Å². The maximum Gasteiger partial charge on any atom is 0.267 e. The summed E-state index contributed by atoms with van der Waals surface area (Å²) >= 11 is 0. The molecule has 0 saturated heterocycles. The van der Waals surface area contributed by atoms with Crippen LogP contribution in [-0.4, -0.2) is 91.9 Å². The van der Waals surface area contributed by atoms with Crippen LogP contribution in [0.25, 0.3) is 0 Å². The average Bonchev–Trinajstić information content (AvgIpc) is 3.40. The smallest absolute Gasteiger partial charge is 0.267 e. The maximum atomic E-state index is 14.4. The van der Waals surface area contributed by atoms with Gasteiger partial charge in [-0.2, -0.15) is 0 Å². The van der Waals surface area contributed by atoms with E-state index >= 15 is 0 Å². The average molecular weight is 677 g/mol. The molecule has 1 aromatic carbocycles. The third kappa shape index (κ3) is 9.26. The molecule has 0 bridgehead atoms. The molecule has 262 valence electrons. The topological polar surface area (TPSA) is 152 Å². The molecule has 2 aromatic rings. The van der Waals surface area contributed by atoms with Gasteiger partial charge in [0, 0.05) is 44.3 Å². The molecule has 0 spiro atoms. The van der Waals surface area contributed by atoms with Crippen LogP contribution in [0.2, 0.25) is 0 Å². The Bertz CT molecular complexity index is 1450. The Morgan fingerprint density at radius 3 is 2.49 bits per heavy atom. The quantitative estimate of drug-likeness (QED) is 0.397. The number of carbonyl (C=O) groups is 2. The number of hydrogen-bond donors (Lipinski definition) is 2. The van der Waals surface area contributed by atoms with Gasteiger partial charge < -0.3 is 28.9 Å². The monoisotopic (exact) mass is 676 g/mol. The largest absolute Gasteiger partial charge is 0.490 e. The van der Waals surface area contributed by atoms with Gasteiger partial charge in [0.25, 0.3) is 15.9 Å². The summed E-state index contributed by atoms with van der Waals surface area (Å²) in [4.78, 5) is 31.0. The second-order valence-corrected chi connectivity index (χ2v) is 14.9. The first kappa shape index (κ1) is 36.7. The lowest BCUT2D eigenvalue weighted by Crippen LogP contribution is -2.48. The van der Waals surface area contributed by atoms with Crippen LogP contribution in [0.15, 0.2) is 27.6 Å². The lowest BCUT2D eigenvalue weighted by molar-refractivity contribution is -0.137. The molecule has 47 heavy (non-hydrogen) atoms. The van der Waals surface area contributed by atoms with Gasteiger partial charge in [0.2, 0.25) is 5.91 Å². The van der Waals surface area contributed by atoms with E-state index in [1.165, 1.54) is 19.4 Å². The zero-order valence-corrected chi connectivity index (χ0v) is 29.5. The Hall–Kier alpha value is -3.16. The Morgan fingerprint density at radius 1 is 1.13 bits per heavy atom. The summed E-state index contributed by atoms with van der Waals surface area (Å²) in [6.07, 6.45) is 6.94. The fourth-order valence-electron chi connectivity index (χ4n) is 6.53.